The molecule has 0 fully saturated rings. The number of hydrogen-bond acceptors (Lipinski definition) is 5. The summed E-state index contributed by atoms with van der Waals surface area (Å²) >= 11 is 0. The van der Waals surface area contributed by atoms with Gasteiger partial charge in [0.15, 0.2) is 0 Å². The SMILES string of the molecule is COc1ccccc1N(CC(=O)N(CCc1ccccc1)[C@@H](C)C(=O)NC(C)(C)C)S(=O)(=O)c1ccccc1. The maximum absolute atomic E-state index is 13.9. The Hall–Kier alpha value is -3.85. The second-order valence-electron chi connectivity index (χ2n) is 10.2. The fourth-order valence-corrected chi connectivity index (χ4v) is 5.56. The van der Waals surface area contributed by atoms with E-state index in [9.17, 15) is 18.0 Å². The van der Waals surface area contributed by atoms with Gasteiger partial charge in [-0.1, -0.05) is 60.7 Å². The largest absolute Gasteiger partial charge is 0.495 e. The zero-order valence-corrected chi connectivity index (χ0v) is 23.9. The maximum atomic E-state index is 13.9. The van der Waals surface area contributed by atoms with Gasteiger partial charge >= 0.3 is 0 Å². The molecule has 0 aliphatic rings. The topological polar surface area (TPSA) is 96.0 Å². The smallest absolute Gasteiger partial charge is 0.264 e. The number of anilines is 1. The van der Waals surface area contributed by atoms with E-state index >= 15 is 0 Å². The molecule has 1 atom stereocenters. The molecule has 2 amide bonds. The molecule has 3 rings (SSSR count). The van der Waals surface area contributed by atoms with E-state index in [-0.39, 0.29) is 23.0 Å². The van der Waals surface area contributed by atoms with Gasteiger partial charge in [-0.2, -0.15) is 0 Å². The lowest BCUT2D eigenvalue weighted by atomic mass is 10.1. The summed E-state index contributed by atoms with van der Waals surface area (Å²) in [5.41, 5.74) is 0.726. The Morgan fingerprint density at radius 1 is 0.897 bits per heavy atom. The third-order valence-corrected chi connectivity index (χ3v) is 7.89. The third kappa shape index (κ3) is 7.83. The second kappa shape index (κ2) is 12.8. The number of carbonyl (C=O) groups excluding carboxylic acids is 2. The molecule has 208 valence electrons. The van der Waals surface area contributed by atoms with E-state index < -0.39 is 34.1 Å². The van der Waals surface area contributed by atoms with Crippen molar-refractivity contribution in [1.29, 1.82) is 0 Å². The summed E-state index contributed by atoms with van der Waals surface area (Å²) in [6.45, 7) is 6.96. The van der Waals surface area contributed by atoms with Gasteiger partial charge in [0.2, 0.25) is 11.8 Å². The van der Waals surface area contributed by atoms with E-state index in [0.717, 1.165) is 9.87 Å². The zero-order chi connectivity index (χ0) is 28.6. The van der Waals surface area contributed by atoms with E-state index in [0.29, 0.717) is 12.2 Å². The highest BCUT2D eigenvalue weighted by Gasteiger charge is 2.34. The first-order valence-corrected chi connectivity index (χ1v) is 14.2. The number of amides is 2. The van der Waals surface area contributed by atoms with Crippen molar-refractivity contribution in [2.75, 3.05) is 24.5 Å². The Balaban J connectivity index is 2.01. The molecule has 0 radical (unpaired) electrons. The molecule has 0 aromatic heterocycles. The third-order valence-electron chi connectivity index (χ3n) is 6.11. The molecule has 8 nitrogen and oxygen atoms in total. The Morgan fingerprint density at radius 3 is 2.05 bits per heavy atom. The number of para-hydroxylation sites is 2. The molecule has 3 aromatic rings. The van der Waals surface area contributed by atoms with Gasteiger partial charge in [0.25, 0.3) is 10.0 Å². The van der Waals surface area contributed by atoms with Gasteiger partial charge in [0.1, 0.15) is 18.3 Å². The van der Waals surface area contributed by atoms with Gasteiger partial charge in [-0.3, -0.25) is 13.9 Å². The standard InChI is InChI=1S/C30H37N3O5S/c1-23(29(35)31-30(2,3)4)32(21-20-24-14-8-6-9-15-24)28(34)22-33(26-18-12-13-19-27(26)38-5)39(36,37)25-16-10-7-11-17-25/h6-19,23H,20-22H2,1-5H3,(H,31,35)/t23-/m0/s1. The van der Waals surface area contributed by atoms with E-state index in [2.05, 4.69) is 5.32 Å². The highest BCUT2D eigenvalue weighted by Crippen LogP contribution is 2.32. The van der Waals surface area contributed by atoms with Crippen LogP contribution in [0.3, 0.4) is 0 Å². The fraction of sp³-hybridized carbons (Fsp3) is 0.333. The summed E-state index contributed by atoms with van der Waals surface area (Å²) in [5, 5.41) is 2.93. The number of rotatable bonds is 11. The highest BCUT2D eigenvalue weighted by molar-refractivity contribution is 7.92. The molecule has 3 aromatic carbocycles. The summed E-state index contributed by atoms with van der Waals surface area (Å²) in [6, 6.07) is 23.4. The molecule has 0 heterocycles. The van der Waals surface area contributed by atoms with Crippen LogP contribution in [0.2, 0.25) is 0 Å². The van der Waals surface area contributed by atoms with Crippen molar-refractivity contribution in [3.05, 3.63) is 90.5 Å². The summed E-state index contributed by atoms with van der Waals surface area (Å²) in [5.74, 6) is -0.522. The van der Waals surface area contributed by atoms with Crippen molar-refractivity contribution in [2.24, 2.45) is 0 Å². The quantitative estimate of drug-likeness (QED) is 0.384. The summed E-state index contributed by atoms with van der Waals surface area (Å²) < 4.78 is 34.2. The van der Waals surface area contributed by atoms with Crippen LogP contribution in [-0.2, 0) is 26.0 Å². The highest BCUT2D eigenvalue weighted by atomic mass is 32.2. The van der Waals surface area contributed by atoms with Crippen molar-refractivity contribution in [1.82, 2.24) is 10.2 Å². The van der Waals surface area contributed by atoms with Crippen molar-refractivity contribution >= 4 is 27.5 Å². The van der Waals surface area contributed by atoms with E-state index in [4.69, 9.17) is 4.74 Å². The van der Waals surface area contributed by atoms with Crippen molar-refractivity contribution in [3.8, 4) is 5.75 Å². The van der Waals surface area contributed by atoms with Crippen LogP contribution >= 0.6 is 0 Å². The van der Waals surface area contributed by atoms with Crippen LogP contribution < -0.4 is 14.4 Å². The number of carbonyl (C=O) groups is 2. The van der Waals surface area contributed by atoms with Crippen LogP contribution in [0.5, 0.6) is 5.75 Å². The van der Waals surface area contributed by atoms with Crippen molar-refractivity contribution in [2.45, 2.75) is 50.6 Å². The number of hydrogen-bond donors (Lipinski definition) is 1. The fourth-order valence-electron chi connectivity index (χ4n) is 4.11. The number of nitrogens with one attached hydrogen (secondary N) is 1. The first-order chi connectivity index (χ1) is 18.4. The molecule has 39 heavy (non-hydrogen) atoms. The normalized spacial score (nSPS) is 12.3. The Morgan fingerprint density at radius 2 is 1.46 bits per heavy atom. The van der Waals surface area contributed by atoms with Gasteiger partial charge in [0, 0.05) is 12.1 Å². The lowest BCUT2D eigenvalue weighted by Crippen LogP contribution is -2.55. The molecular formula is C30H37N3O5S. The Labute approximate surface area is 231 Å². The summed E-state index contributed by atoms with van der Waals surface area (Å²) in [7, 11) is -2.71. The molecule has 0 saturated heterocycles. The average Bonchev–Trinajstić information content (AvgIpc) is 2.91. The first kappa shape index (κ1) is 29.7. The van der Waals surface area contributed by atoms with Gasteiger partial charge < -0.3 is 15.0 Å². The van der Waals surface area contributed by atoms with Crippen LogP contribution in [-0.4, -0.2) is 56.9 Å². The number of methoxy groups -OCH3 is 1. The monoisotopic (exact) mass is 551 g/mol. The van der Waals surface area contributed by atoms with Crippen LogP contribution in [0, 0.1) is 0 Å². The lowest BCUT2D eigenvalue weighted by Gasteiger charge is -2.33. The number of sulfonamides is 1. The first-order valence-electron chi connectivity index (χ1n) is 12.8. The second-order valence-corrected chi connectivity index (χ2v) is 12.1. The van der Waals surface area contributed by atoms with Gasteiger partial charge in [-0.25, -0.2) is 8.42 Å². The molecule has 0 bridgehead atoms. The molecular weight excluding hydrogens is 514 g/mol. The minimum Gasteiger partial charge on any atom is -0.495 e. The number of ether oxygens (including phenoxy) is 1. The van der Waals surface area contributed by atoms with Crippen LogP contribution in [0.15, 0.2) is 89.8 Å². The van der Waals surface area contributed by atoms with Crippen molar-refractivity contribution in [3.63, 3.8) is 0 Å². The summed E-state index contributed by atoms with van der Waals surface area (Å²) in [6.07, 6.45) is 0.500. The van der Waals surface area contributed by atoms with Gasteiger partial charge in [-0.15, -0.1) is 0 Å². The van der Waals surface area contributed by atoms with Crippen LogP contribution in [0.25, 0.3) is 0 Å². The zero-order valence-electron chi connectivity index (χ0n) is 23.1. The number of benzene rings is 3. The van der Waals surface area contributed by atoms with E-state index in [1.807, 2.05) is 51.1 Å². The van der Waals surface area contributed by atoms with Gasteiger partial charge in [-0.05, 0) is 63.9 Å². The van der Waals surface area contributed by atoms with E-state index in [1.54, 1.807) is 49.4 Å². The van der Waals surface area contributed by atoms with Crippen molar-refractivity contribution < 1.29 is 22.7 Å². The molecule has 1 N–H and O–H groups in total. The Bertz CT molecular complexity index is 1360. The minimum atomic E-state index is -4.15. The van der Waals surface area contributed by atoms with Crippen LogP contribution in [0.1, 0.15) is 33.3 Å². The minimum absolute atomic E-state index is 0.0399. The average molecular weight is 552 g/mol. The predicted octanol–water partition coefficient (Wildman–Crippen LogP) is 4.27. The predicted molar refractivity (Wildman–Crippen MR) is 153 cm³/mol. The van der Waals surface area contributed by atoms with Gasteiger partial charge in [0.05, 0.1) is 17.7 Å². The molecule has 0 unspecified atom stereocenters. The molecule has 0 aliphatic carbocycles. The molecule has 9 heteroatoms. The maximum Gasteiger partial charge on any atom is 0.264 e. The Kier molecular flexibility index (Phi) is 9.75. The van der Waals surface area contributed by atoms with Crippen LogP contribution in [0.4, 0.5) is 5.69 Å². The molecule has 0 saturated carbocycles. The van der Waals surface area contributed by atoms with E-state index in [1.165, 1.54) is 24.1 Å². The summed E-state index contributed by atoms with van der Waals surface area (Å²) in [4.78, 5) is 28.6. The molecule has 0 aliphatic heterocycles. The molecule has 0 spiro atoms. The number of nitrogens with zero attached hydrogens (tertiary/aromatic N) is 2. The lowest BCUT2D eigenvalue weighted by molar-refractivity contribution is -0.139.